The zero-order valence-corrected chi connectivity index (χ0v) is 10.7. The molecule has 0 heterocycles. The Morgan fingerprint density at radius 2 is 1.87 bits per heavy atom. The van der Waals surface area contributed by atoms with Gasteiger partial charge in [-0.1, -0.05) is 27.5 Å². The summed E-state index contributed by atoms with van der Waals surface area (Å²) in [6.45, 7) is 0. The third-order valence-corrected chi connectivity index (χ3v) is 4.86. The summed E-state index contributed by atoms with van der Waals surface area (Å²) < 4.78 is 1.15. The first kappa shape index (κ1) is 10.1. The van der Waals surface area contributed by atoms with Crippen LogP contribution in [0.15, 0.2) is 22.7 Å². The fourth-order valence-electron chi connectivity index (χ4n) is 2.64. The zero-order chi connectivity index (χ0) is 10.7. The average molecular weight is 287 g/mol. The third kappa shape index (κ3) is 1.38. The zero-order valence-electron chi connectivity index (χ0n) is 8.39. The van der Waals surface area contributed by atoms with Crippen LogP contribution in [0.3, 0.4) is 0 Å². The van der Waals surface area contributed by atoms with Gasteiger partial charge in [0, 0.05) is 20.4 Å². The largest absolute Gasteiger partial charge is 0.324 e. The molecule has 1 aromatic carbocycles. The van der Waals surface area contributed by atoms with Crippen molar-refractivity contribution in [1.82, 2.24) is 0 Å². The summed E-state index contributed by atoms with van der Waals surface area (Å²) in [6.07, 6.45) is 4.74. The second-order valence-corrected chi connectivity index (χ2v) is 6.15. The molecule has 80 valence electrons. The van der Waals surface area contributed by atoms with Gasteiger partial charge in [0.1, 0.15) is 0 Å². The Hall–Kier alpha value is -0.0500. The van der Waals surface area contributed by atoms with Crippen LogP contribution < -0.4 is 5.73 Å². The van der Waals surface area contributed by atoms with Gasteiger partial charge in [0.25, 0.3) is 0 Å². The molecule has 3 heteroatoms. The Balaban J connectivity index is 2.09. The first-order valence-corrected chi connectivity index (χ1v) is 6.49. The van der Waals surface area contributed by atoms with Gasteiger partial charge >= 0.3 is 0 Å². The highest BCUT2D eigenvalue weighted by molar-refractivity contribution is 9.10. The Labute approximate surface area is 103 Å². The minimum atomic E-state index is 0.0558. The monoisotopic (exact) mass is 285 g/mol. The molecule has 0 aromatic heterocycles. The van der Waals surface area contributed by atoms with Gasteiger partial charge in [-0.2, -0.15) is 0 Å². The van der Waals surface area contributed by atoms with Crippen LogP contribution >= 0.6 is 27.5 Å². The second-order valence-electron chi connectivity index (χ2n) is 4.86. The third-order valence-electron chi connectivity index (χ3n) is 3.94. The Morgan fingerprint density at radius 3 is 2.40 bits per heavy atom. The van der Waals surface area contributed by atoms with E-state index in [1.54, 1.807) is 0 Å². The maximum Gasteiger partial charge on any atom is 0.0409 e. The van der Waals surface area contributed by atoms with E-state index in [1.807, 2.05) is 12.1 Å². The van der Waals surface area contributed by atoms with Crippen molar-refractivity contribution < 1.29 is 0 Å². The molecular weight excluding hydrogens is 273 g/mol. The van der Waals surface area contributed by atoms with Crippen molar-refractivity contribution in [2.45, 2.75) is 36.6 Å². The lowest BCUT2D eigenvalue weighted by Crippen LogP contribution is -2.37. The van der Waals surface area contributed by atoms with E-state index in [2.05, 4.69) is 22.0 Å². The Kier molecular flexibility index (Phi) is 2.02. The maximum absolute atomic E-state index is 6.37. The minimum absolute atomic E-state index is 0.0558. The van der Waals surface area contributed by atoms with Crippen molar-refractivity contribution in [3.05, 3.63) is 33.3 Å². The van der Waals surface area contributed by atoms with Crippen molar-refractivity contribution in [2.24, 2.45) is 5.73 Å². The average Bonchev–Trinajstić information content (AvgIpc) is 3.05. The SMILES string of the molecule is NC1(C2(c3cc(Cl)ccc3Br)CC2)CC1. The lowest BCUT2D eigenvalue weighted by atomic mass is 9.86. The number of hydrogen-bond donors (Lipinski definition) is 1. The number of benzene rings is 1. The first-order valence-electron chi connectivity index (χ1n) is 5.32. The highest BCUT2D eigenvalue weighted by Crippen LogP contribution is 2.64. The van der Waals surface area contributed by atoms with Crippen molar-refractivity contribution in [3.8, 4) is 0 Å². The highest BCUT2D eigenvalue weighted by Gasteiger charge is 2.64. The van der Waals surface area contributed by atoms with Crippen LogP contribution in [0.2, 0.25) is 5.02 Å². The predicted molar refractivity (Wildman–Crippen MR) is 66.2 cm³/mol. The quantitative estimate of drug-likeness (QED) is 0.883. The van der Waals surface area contributed by atoms with E-state index in [9.17, 15) is 0 Å². The Bertz CT molecular complexity index is 422. The van der Waals surface area contributed by atoms with Crippen LogP contribution in [-0.2, 0) is 5.41 Å². The molecule has 0 unspecified atom stereocenters. The van der Waals surface area contributed by atoms with E-state index < -0.39 is 0 Å². The smallest absolute Gasteiger partial charge is 0.0409 e. The summed E-state index contributed by atoms with van der Waals surface area (Å²) >= 11 is 9.67. The molecular formula is C12H13BrClN. The molecule has 0 bridgehead atoms. The van der Waals surface area contributed by atoms with Crippen LogP contribution in [0.1, 0.15) is 31.2 Å². The van der Waals surface area contributed by atoms with Gasteiger partial charge < -0.3 is 5.73 Å². The van der Waals surface area contributed by atoms with Gasteiger partial charge in [0.05, 0.1) is 0 Å². The molecule has 2 fully saturated rings. The molecule has 2 saturated carbocycles. The van der Waals surface area contributed by atoms with Gasteiger partial charge in [0.15, 0.2) is 0 Å². The van der Waals surface area contributed by atoms with Crippen LogP contribution in [0.4, 0.5) is 0 Å². The van der Waals surface area contributed by atoms with Gasteiger partial charge in [-0.3, -0.25) is 0 Å². The van der Waals surface area contributed by atoms with Crippen LogP contribution in [0, 0.1) is 0 Å². The summed E-state index contributed by atoms with van der Waals surface area (Å²) in [5.74, 6) is 0. The fraction of sp³-hybridized carbons (Fsp3) is 0.500. The molecule has 0 atom stereocenters. The van der Waals surface area contributed by atoms with E-state index >= 15 is 0 Å². The molecule has 2 aliphatic carbocycles. The molecule has 0 aliphatic heterocycles. The molecule has 1 aromatic rings. The molecule has 2 N–H and O–H groups in total. The lowest BCUT2D eigenvalue weighted by Gasteiger charge is -2.24. The normalized spacial score (nSPS) is 25.0. The topological polar surface area (TPSA) is 26.0 Å². The van der Waals surface area contributed by atoms with Crippen molar-refractivity contribution in [2.75, 3.05) is 0 Å². The van der Waals surface area contributed by atoms with E-state index in [4.69, 9.17) is 17.3 Å². The second kappa shape index (κ2) is 2.99. The Morgan fingerprint density at radius 1 is 1.20 bits per heavy atom. The number of hydrogen-bond acceptors (Lipinski definition) is 1. The predicted octanol–water partition coefficient (Wildman–Crippen LogP) is 3.63. The van der Waals surface area contributed by atoms with Gasteiger partial charge in [-0.15, -0.1) is 0 Å². The number of nitrogens with two attached hydrogens (primary N) is 1. The summed E-state index contributed by atoms with van der Waals surface area (Å²) in [4.78, 5) is 0. The van der Waals surface area contributed by atoms with Crippen LogP contribution in [0.5, 0.6) is 0 Å². The van der Waals surface area contributed by atoms with Gasteiger partial charge in [-0.05, 0) is 49.4 Å². The van der Waals surface area contributed by atoms with Gasteiger partial charge in [-0.25, -0.2) is 0 Å². The summed E-state index contributed by atoms with van der Waals surface area (Å²) in [6, 6.07) is 6.02. The van der Waals surface area contributed by atoms with Crippen LogP contribution in [0.25, 0.3) is 0 Å². The van der Waals surface area contributed by atoms with E-state index in [1.165, 1.54) is 18.4 Å². The van der Waals surface area contributed by atoms with Crippen molar-refractivity contribution in [1.29, 1.82) is 0 Å². The molecule has 0 radical (unpaired) electrons. The van der Waals surface area contributed by atoms with Crippen molar-refractivity contribution in [3.63, 3.8) is 0 Å². The van der Waals surface area contributed by atoms with E-state index in [-0.39, 0.29) is 11.0 Å². The molecule has 15 heavy (non-hydrogen) atoms. The lowest BCUT2D eigenvalue weighted by molar-refractivity contribution is 0.501. The van der Waals surface area contributed by atoms with E-state index in [0.29, 0.717) is 0 Å². The number of halogens is 2. The first-order chi connectivity index (χ1) is 7.07. The fourth-order valence-corrected chi connectivity index (χ4v) is 3.44. The minimum Gasteiger partial charge on any atom is -0.324 e. The molecule has 3 rings (SSSR count). The number of rotatable bonds is 2. The highest BCUT2D eigenvalue weighted by atomic mass is 79.9. The van der Waals surface area contributed by atoms with E-state index in [0.717, 1.165) is 22.3 Å². The molecule has 0 saturated heterocycles. The molecule has 1 nitrogen and oxygen atoms in total. The molecule has 0 spiro atoms. The molecule has 0 amide bonds. The standard InChI is InChI=1S/C12H13BrClN/c13-10-2-1-8(14)7-9(10)11(3-4-11)12(15)5-6-12/h1-2,7H,3-6,15H2. The molecule has 2 aliphatic rings. The van der Waals surface area contributed by atoms with Crippen molar-refractivity contribution >= 4 is 27.5 Å². The maximum atomic E-state index is 6.37. The summed E-state index contributed by atoms with van der Waals surface area (Å²) in [7, 11) is 0. The summed E-state index contributed by atoms with van der Waals surface area (Å²) in [5, 5.41) is 0.809. The van der Waals surface area contributed by atoms with Gasteiger partial charge in [0.2, 0.25) is 0 Å². The van der Waals surface area contributed by atoms with Crippen LogP contribution in [-0.4, -0.2) is 5.54 Å². The summed E-state index contributed by atoms with van der Waals surface area (Å²) in [5.41, 5.74) is 7.96.